The average molecular weight is 428 g/mol. The number of halogens is 4. The molecule has 0 aliphatic carbocycles. The zero-order chi connectivity index (χ0) is 17.9. The standard InChI is InChI=1S/C17H23F2N3O3.2ClH/c18-16(19)25-14-4-2-1-3-13(14)22-8-5-12(11-22)21-15(23)17(20)6-9-24-10-7-17;;/h1-4,12,16H,5-11,20H2,(H,21,23);2*1H. The Bertz CT molecular complexity index is 619. The minimum Gasteiger partial charge on any atom is -0.433 e. The van der Waals surface area contributed by atoms with E-state index in [0.717, 1.165) is 6.42 Å². The molecule has 3 N–H and O–H groups in total. The molecule has 0 bridgehead atoms. The SMILES string of the molecule is Cl.Cl.NC1(C(=O)NC2CCN(c3ccccc3OC(F)F)C2)CCOCC1. The molecule has 1 unspecified atom stereocenters. The van der Waals surface area contributed by atoms with E-state index >= 15 is 0 Å². The van der Waals surface area contributed by atoms with Gasteiger partial charge in [0, 0.05) is 32.3 Å². The van der Waals surface area contributed by atoms with Crippen molar-refractivity contribution >= 4 is 36.4 Å². The second-order valence-electron chi connectivity index (χ2n) is 6.52. The molecule has 1 amide bonds. The van der Waals surface area contributed by atoms with Crippen molar-refractivity contribution in [3.05, 3.63) is 24.3 Å². The van der Waals surface area contributed by atoms with Crippen LogP contribution in [0.2, 0.25) is 0 Å². The third kappa shape index (κ3) is 5.81. The van der Waals surface area contributed by atoms with E-state index in [-0.39, 0.29) is 42.5 Å². The Kier molecular flexibility index (Phi) is 9.01. The van der Waals surface area contributed by atoms with E-state index in [1.807, 2.05) is 4.90 Å². The third-order valence-corrected chi connectivity index (χ3v) is 4.78. The lowest BCUT2D eigenvalue weighted by Crippen LogP contribution is -2.59. The maximum atomic E-state index is 12.6. The van der Waals surface area contributed by atoms with Crippen LogP contribution in [0.3, 0.4) is 0 Å². The van der Waals surface area contributed by atoms with Crippen molar-refractivity contribution in [3.8, 4) is 5.75 Å². The number of benzene rings is 1. The molecule has 0 aromatic heterocycles. The minimum atomic E-state index is -2.87. The number of amides is 1. The van der Waals surface area contributed by atoms with Gasteiger partial charge in [-0.1, -0.05) is 12.1 Å². The van der Waals surface area contributed by atoms with Crippen LogP contribution in [0.15, 0.2) is 24.3 Å². The van der Waals surface area contributed by atoms with E-state index in [1.165, 1.54) is 6.07 Å². The summed E-state index contributed by atoms with van der Waals surface area (Å²) in [5.41, 5.74) is 5.91. The number of ether oxygens (including phenoxy) is 2. The number of nitrogens with two attached hydrogens (primary N) is 1. The molecule has 0 spiro atoms. The average Bonchev–Trinajstić information content (AvgIpc) is 3.04. The number of hydrogen-bond donors (Lipinski definition) is 2. The summed E-state index contributed by atoms with van der Waals surface area (Å²) >= 11 is 0. The van der Waals surface area contributed by atoms with Gasteiger partial charge >= 0.3 is 6.61 Å². The fourth-order valence-corrected chi connectivity index (χ4v) is 3.30. The molecule has 2 fully saturated rings. The van der Waals surface area contributed by atoms with Crippen LogP contribution in [0.4, 0.5) is 14.5 Å². The Balaban J connectivity index is 0.00000182. The fraction of sp³-hybridized carbons (Fsp3) is 0.588. The quantitative estimate of drug-likeness (QED) is 0.753. The van der Waals surface area contributed by atoms with Crippen molar-refractivity contribution < 1.29 is 23.0 Å². The van der Waals surface area contributed by atoms with Gasteiger partial charge in [-0.3, -0.25) is 4.79 Å². The highest BCUT2D eigenvalue weighted by atomic mass is 35.5. The molecule has 27 heavy (non-hydrogen) atoms. The topological polar surface area (TPSA) is 76.8 Å². The summed E-state index contributed by atoms with van der Waals surface area (Å²) < 4.78 is 35.0. The van der Waals surface area contributed by atoms with Gasteiger partial charge in [-0.2, -0.15) is 8.78 Å². The minimum absolute atomic E-state index is 0. The first kappa shape index (κ1) is 23.7. The number of carbonyl (C=O) groups is 1. The molecule has 2 aliphatic rings. The predicted octanol–water partition coefficient (Wildman–Crippen LogP) is 2.33. The van der Waals surface area contributed by atoms with Crippen LogP contribution in [0, 0.1) is 0 Å². The molecule has 1 atom stereocenters. The van der Waals surface area contributed by atoms with Gasteiger partial charge in [-0.05, 0) is 31.4 Å². The molecular weight excluding hydrogens is 403 g/mol. The van der Waals surface area contributed by atoms with E-state index in [2.05, 4.69) is 10.1 Å². The van der Waals surface area contributed by atoms with Crippen LogP contribution in [-0.2, 0) is 9.53 Å². The van der Waals surface area contributed by atoms with Crippen LogP contribution in [0.25, 0.3) is 0 Å². The summed E-state index contributed by atoms with van der Waals surface area (Å²) in [4.78, 5) is 14.4. The van der Waals surface area contributed by atoms with Gasteiger partial charge in [0.15, 0.2) is 0 Å². The number of nitrogens with zero attached hydrogens (tertiary/aromatic N) is 1. The second kappa shape index (κ2) is 10.3. The molecule has 2 aliphatic heterocycles. The molecule has 1 aromatic rings. The van der Waals surface area contributed by atoms with E-state index < -0.39 is 12.2 Å². The molecule has 154 valence electrons. The van der Waals surface area contributed by atoms with Gasteiger partial charge in [0.1, 0.15) is 5.75 Å². The van der Waals surface area contributed by atoms with Gasteiger partial charge in [-0.15, -0.1) is 24.8 Å². The maximum absolute atomic E-state index is 12.6. The summed E-state index contributed by atoms with van der Waals surface area (Å²) in [6, 6.07) is 6.61. The Morgan fingerprint density at radius 2 is 1.96 bits per heavy atom. The largest absolute Gasteiger partial charge is 0.433 e. The van der Waals surface area contributed by atoms with Crippen LogP contribution in [0.5, 0.6) is 5.75 Å². The zero-order valence-corrected chi connectivity index (χ0v) is 16.4. The number of nitrogens with one attached hydrogen (secondary N) is 1. The van der Waals surface area contributed by atoms with Crippen molar-refractivity contribution in [2.45, 2.75) is 37.5 Å². The van der Waals surface area contributed by atoms with E-state index in [1.54, 1.807) is 18.2 Å². The van der Waals surface area contributed by atoms with E-state index in [4.69, 9.17) is 10.5 Å². The normalized spacial score (nSPS) is 21.2. The number of carbonyl (C=O) groups excluding carboxylic acids is 1. The van der Waals surface area contributed by atoms with Gasteiger partial charge in [-0.25, -0.2) is 0 Å². The van der Waals surface area contributed by atoms with Gasteiger partial charge in [0.05, 0.1) is 11.2 Å². The van der Waals surface area contributed by atoms with E-state index in [9.17, 15) is 13.6 Å². The monoisotopic (exact) mass is 427 g/mol. The number of anilines is 1. The fourth-order valence-electron chi connectivity index (χ4n) is 3.30. The number of alkyl halides is 2. The molecule has 6 nitrogen and oxygen atoms in total. The highest BCUT2D eigenvalue weighted by Crippen LogP contribution is 2.32. The van der Waals surface area contributed by atoms with Crippen molar-refractivity contribution in [3.63, 3.8) is 0 Å². The molecule has 2 heterocycles. The Labute approximate surface area is 169 Å². The third-order valence-electron chi connectivity index (χ3n) is 4.78. The number of hydrogen-bond acceptors (Lipinski definition) is 5. The Morgan fingerprint density at radius 1 is 1.30 bits per heavy atom. The summed E-state index contributed by atoms with van der Waals surface area (Å²) in [6.07, 6.45) is 1.72. The lowest BCUT2D eigenvalue weighted by Gasteiger charge is -2.33. The summed E-state index contributed by atoms with van der Waals surface area (Å²) in [5.74, 6) is -0.0241. The Morgan fingerprint density at radius 3 is 2.63 bits per heavy atom. The van der Waals surface area contributed by atoms with Gasteiger partial charge < -0.3 is 25.4 Å². The molecule has 2 saturated heterocycles. The first-order valence-corrected chi connectivity index (χ1v) is 8.44. The zero-order valence-electron chi connectivity index (χ0n) is 14.7. The Hall–Kier alpha value is -1.35. The van der Waals surface area contributed by atoms with Gasteiger partial charge in [0.25, 0.3) is 0 Å². The summed E-state index contributed by atoms with van der Waals surface area (Å²) in [6.45, 7) is -0.722. The lowest BCUT2D eigenvalue weighted by molar-refractivity contribution is -0.130. The summed E-state index contributed by atoms with van der Waals surface area (Å²) in [5, 5.41) is 3.00. The molecule has 3 rings (SSSR count). The number of para-hydroxylation sites is 2. The van der Waals surface area contributed by atoms with Crippen molar-refractivity contribution in [1.82, 2.24) is 5.32 Å². The van der Waals surface area contributed by atoms with Crippen molar-refractivity contribution in [2.24, 2.45) is 5.73 Å². The first-order valence-electron chi connectivity index (χ1n) is 8.44. The van der Waals surface area contributed by atoms with Crippen LogP contribution < -0.4 is 20.7 Å². The second-order valence-corrected chi connectivity index (χ2v) is 6.52. The van der Waals surface area contributed by atoms with Crippen LogP contribution >= 0.6 is 24.8 Å². The molecular formula is C17H25Cl2F2N3O3. The van der Waals surface area contributed by atoms with Gasteiger partial charge in [0.2, 0.25) is 5.91 Å². The molecule has 10 heteroatoms. The van der Waals surface area contributed by atoms with Crippen LogP contribution in [0.1, 0.15) is 19.3 Å². The van der Waals surface area contributed by atoms with Crippen LogP contribution in [-0.4, -0.2) is 50.4 Å². The highest BCUT2D eigenvalue weighted by Gasteiger charge is 2.38. The smallest absolute Gasteiger partial charge is 0.387 e. The number of rotatable bonds is 5. The van der Waals surface area contributed by atoms with Crippen molar-refractivity contribution in [1.29, 1.82) is 0 Å². The summed E-state index contributed by atoms with van der Waals surface area (Å²) in [7, 11) is 0. The highest BCUT2D eigenvalue weighted by molar-refractivity contribution is 5.86. The first-order chi connectivity index (χ1) is 12.0. The van der Waals surface area contributed by atoms with E-state index in [0.29, 0.717) is 44.8 Å². The lowest BCUT2D eigenvalue weighted by atomic mass is 9.90. The predicted molar refractivity (Wildman–Crippen MR) is 103 cm³/mol. The maximum Gasteiger partial charge on any atom is 0.387 e. The molecule has 0 saturated carbocycles. The van der Waals surface area contributed by atoms with Crippen molar-refractivity contribution in [2.75, 3.05) is 31.2 Å². The molecule has 0 radical (unpaired) electrons. The molecule has 1 aromatic carbocycles.